The predicted octanol–water partition coefficient (Wildman–Crippen LogP) is 5.54. The molecule has 0 saturated heterocycles. The van der Waals surface area contributed by atoms with Gasteiger partial charge in [-0.3, -0.25) is 0 Å². The van der Waals surface area contributed by atoms with Crippen LogP contribution in [0.4, 0.5) is 0 Å². The number of ether oxygens (including phenoxy) is 1. The third-order valence-corrected chi connectivity index (χ3v) is 3.20. The van der Waals surface area contributed by atoms with Crippen molar-refractivity contribution in [3.63, 3.8) is 0 Å². The summed E-state index contributed by atoms with van der Waals surface area (Å²) in [6.07, 6.45) is 8.79. The molecule has 1 nitrogen and oxygen atoms in total. The molecule has 106 valence electrons. The van der Waals surface area contributed by atoms with Gasteiger partial charge in [-0.1, -0.05) is 63.3 Å². The lowest BCUT2D eigenvalue weighted by atomic mass is 10.1. The summed E-state index contributed by atoms with van der Waals surface area (Å²) in [6.45, 7) is 9.08. The number of rotatable bonds is 10. The molecule has 1 aromatic carbocycles. The second-order valence-corrected chi connectivity index (χ2v) is 5.39. The average Bonchev–Trinajstić information content (AvgIpc) is 2.39. The molecule has 0 heterocycles. The number of hydrogen-bond acceptors (Lipinski definition) is 1. The van der Waals surface area contributed by atoms with Crippen LogP contribution in [0, 0.1) is 0 Å². The van der Waals surface area contributed by atoms with Gasteiger partial charge in [0.25, 0.3) is 0 Å². The van der Waals surface area contributed by atoms with E-state index in [-0.39, 0.29) is 0 Å². The molecule has 0 amide bonds. The van der Waals surface area contributed by atoms with Crippen LogP contribution in [-0.2, 0) is 6.42 Å². The molecular formula is C18H28O. The summed E-state index contributed by atoms with van der Waals surface area (Å²) >= 11 is 0. The Kier molecular flexibility index (Phi) is 8.04. The molecule has 0 radical (unpaired) electrons. The van der Waals surface area contributed by atoms with E-state index in [1.807, 2.05) is 0 Å². The first kappa shape index (κ1) is 15.8. The molecule has 0 aromatic heterocycles. The first-order valence-electron chi connectivity index (χ1n) is 7.58. The fraction of sp³-hybridized carbons (Fsp3) is 0.556. The molecule has 19 heavy (non-hydrogen) atoms. The van der Waals surface area contributed by atoms with Crippen molar-refractivity contribution in [3.05, 3.63) is 42.0 Å². The fourth-order valence-corrected chi connectivity index (χ4v) is 2.12. The zero-order chi connectivity index (χ0) is 13.9. The Labute approximate surface area is 118 Å². The van der Waals surface area contributed by atoms with E-state index in [0.717, 1.165) is 25.2 Å². The third-order valence-electron chi connectivity index (χ3n) is 3.20. The van der Waals surface area contributed by atoms with E-state index in [1.165, 1.54) is 43.2 Å². The second-order valence-electron chi connectivity index (χ2n) is 5.39. The maximum Gasteiger partial charge on any atom is 0.119 e. The third kappa shape index (κ3) is 7.71. The average molecular weight is 260 g/mol. The Balaban J connectivity index is 2.14. The minimum absolute atomic E-state index is 0.839. The van der Waals surface area contributed by atoms with Crippen LogP contribution in [0.5, 0.6) is 5.75 Å². The topological polar surface area (TPSA) is 9.23 Å². The highest BCUT2D eigenvalue weighted by Gasteiger charge is 1.96. The molecule has 1 aromatic rings. The molecule has 0 aliphatic heterocycles. The van der Waals surface area contributed by atoms with E-state index in [1.54, 1.807) is 0 Å². The Morgan fingerprint density at radius 1 is 1.00 bits per heavy atom. The van der Waals surface area contributed by atoms with Crippen molar-refractivity contribution in [2.24, 2.45) is 0 Å². The summed E-state index contributed by atoms with van der Waals surface area (Å²) in [7, 11) is 0. The van der Waals surface area contributed by atoms with Crippen molar-refractivity contribution in [1.29, 1.82) is 0 Å². The van der Waals surface area contributed by atoms with Gasteiger partial charge in [0.1, 0.15) is 5.75 Å². The Bertz CT molecular complexity index is 350. The molecule has 0 bridgehead atoms. The largest absolute Gasteiger partial charge is 0.494 e. The monoisotopic (exact) mass is 260 g/mol. The molecule has 0 aliphatic rings. The highest BCUT2D eigenvalue weighted by atomic mass is 16.5. The van der Waals surface area contributed by atoms with Crippen LogP contribution in [0.15, 0.2) is 36.4 Å². The first-order chi connectivity index (χ1) is 9.22. The summed E-state index contributed by atoms with van der Waals surface area (Å²) in [5.74, 6) is 0.985. The standard InChI is InChI=1S/C18H28O/c1-4-5-6-7-8-9-14-19-18-12-10-17(11-13-18)15-16(2)3/h10-13H,2,4-9,14-15H2,1,3H3. The van der Waals surface area contributed by atoms with Crippen LogP contribution in [-0.4, -0.2) is 6.61 Å². The molecule has 0 spiro atoms. The quantitative estimate of drug-likeness (QED) is 0.396. The van der Waals surface area contributed by atoms with Gasteiger partial charge in [0, 0.05) is 0 Å². The summed E-state index contributed by atoms with van der Waals surface area (Å²) in [5.41, 5.74) is 2.50. The van der Waals surface area contributed by atoms with Crippen LogP contribution in [0.25, 0.3) is 0 Å². The Morgan fingerprint density at radius 3 is 2.26 bits per heavy atom. The SMILES string of the molecule is C=C(C)Cc1ccc(OCCCCCCCC)cc1. The predicted molar refractivity (Wildman–Crippen MR) is 83.8 cm³/mol. The van der Waals surface area contributed by atoms with Gasteiger partial charge in [-0.25, -0.2) is 0 Å². The summed E-state index contributed by atoms with van der Waals surface area (Å²) in [5, 5.41) is 0. The van der Waals surface area contributed by atoms with Crippen LogP contribution in [0.3, 0.4) is 0 Å². The summed E-state index contributed by atoms with van der Waals surface area (Å²) in [4.78, 5) is 0. The minimum Gasteiger partial charge on any atom is -0.494 e. The fourth-order valence-electron chi connectivity index (χ4n) is 2.12. The van der Waals surface area contributed by atoms with E-state index < -0.39 is 0 Å². The highest BCUT2D eigenvalue weighted by molar-refractivity contribution is 5.29. The van der Waals surface area contributed by atoms with Crippen molar-refractivity contribution in [3.8, 4) is 5.75 Å². The number of allylic oxidation sites excluding steroid dienone is 1. The van der Waals surface area contributed by atoms with Crippen molar-refractivity contribution in [2.75, 3.05) is 6.61 Å². The first-order valence-corrected chi connectivity index (χ1v) is 7.58. The maximum atomic E-state index is 5.75. The minimum atomic E-state index is 0.839. The van der Waals surface area contributed by atoms with Crippen LogP contribution in [0.2, 0.25) is 0 Å². The number of hydrogen-bond donors (Lipinski definition) is 0. The van der Waals surface area contributed by atoms with Crippen LogP contribution in [0.1, 0.15) is 57.9 Å². The van der Waals surface area contributed by atoms with Gasteiger partial charge in [0.2, 0.25) is 0 Å². The smallest absolute Gasteiger partial charge is 0.119 e. The van der Waals surface area contributed by atoms with Crippen molar-refractivity contribution < 1.29 is 4.74 Å². The normalized spacial score (nSPS) is 10.4. The van der Waals surface area contributed by atoms with Crippen molar-refractivity contribution >= 4 is 0 Å². The molecule has 1 heteroatoms. The van der Waals surface area contributed by atoms with Gasteiger partial charge < -0.3 is 4.74 Å². The molecular weight excluding hydrogens is 232 g/mol. The van der Waals surface area contributed by atoms with E-state index in [9.17, 15) is 0 Å². The van der Waals surface area contributed by atoms with Crippen molar-refractivity contribution in [2.45, 2.75) is 58.8 Å². The van der Waals surface area contributed by atoms with Gasteiger partial charge in [-0.2, -0.15) is 0 Å². The molecule has 1 rings (SSSR count). The zero-order valence-electron chi connectivity index (χ0n) is 12.6. The lowest BCUT2D eigenvalue weighted by molar-refractivity contribution is 0.304. The van der Waals surface area contributed by atoms with Crippen LogP contribution >= 0.6 is 0 Å². The Morgan fingerprint density at radius 2 is 1.63 bits per heavy atom. The molecule has 0 atom stereocenters. The lowest BCUT2D eigenvalue weighted by Crippen LogP contribution is -1.97. The van der Waals surface area contributed by atoms with Gasteiger partial charge in [-0.15, -0.1) is 0 Å². The van der Waals surface area contributed by atoms with Gasteiger partial charge in [0.15, 0.2) is 0 Å². The summed E-state index contributed by atoms with van der Waals surface area (Å²) < 4.78 is 5.75. The molecule has 0 aliphatic carbocycles. The second kappa shape index (κ2) is 9.66. The Hall–Kier alpha value is -1.24. The van der Waals surface area contributed by atoms with E-state index in [0.29, 0.717) is 0 Å². The maximum absolute atomic E-state index is 5.75. The highest BCUT2D eigenvalue weighted by Crippen LogP contribution is 2.15. The molecule has 0 fully saturated rings. The number of unbranched alkanes of at least 4 members (excludes halogenated alkanes) is 5. The summed E-state index contributed by atoms with van der Waals surface area (Å²) in [6, 6.07) is 8.39. The van der Waals surface area contributed by atoms with Gasteiger partial charge >= 0.3 is 0 Å². The molecule has 0 unspecified atom stereocenters. The lowest BCUT2D eigenvalue weighted by Gasteiger charge is -2.07. The van der Waals surface area contributed by atoms with E-state index in [2.05, 4.69) is 44.7 Å². The van der Waals surface area contributed by atoms with Gasteiger partial charge in [-0.05, 0) is 37.5 Å². The van der Waals surface area contributed by atoms with Crippen LogP contribution < -0.4 is 4.74 Å². The molecule has 0 saturated carbocycles. The number of benzene rings is 1. The van der Waals surface area contributed by atoms with E-state index >= 15 is 0 Å². The van der Waals surface area contributed by atoms with E-state index in [4.69, 9.17) is 4.74 Å². The van der Waals surface area contributed by atoms with Crippen molar-refractivity contribution in [1.82, 2.24) is 0 Å². The zero-order valence-corrected chi connectivity index (χ0v) is 12.6. The molecule has 0 N–H and O–H groups in total. The van der Waals surface area contributed by atoms with Gasteiger partial charge in [0.05, 0.1) is 6.61 Å².